The summed E-state index contributed by atoms with van der Waals surface area (Å²) in [6.07, 6.45) is 10.2. The van der Waals surface area contributed by atoms with Crippen molar-refractivity contribution in [1.29, 1.82) is 0 Å². The van der Waals surface area contributed by atoms with E-state index in [0.29, 0.717) is 27.0 Å². The molecule has 0 bridgehead atoms. The van der Waals surface area contributed by atoms with Crippen LogP contribution in [0.3, 0.4) is 0 Å². The van der Waals surface area contributed by atoms with Crippen LogP contribution >= 0.6 is 0 Å². The fourth-order valence-electron chi connectivity index (χ4n) is 4.01. The fourth-order valence-corrected chi connectivity index (χ4v) is 4.01. The van der Waals surface area contributed by atoms with Gasteiger partial charge in [-0.15, -0.1) is 9.67 Å². The summed E-state index contributed by atoms with van der Waals surface area (Å²) in [7, 11) is 0. The average Bonchev–Trinajstić information content (AvgIpc) is 3.34. The number of rotatable bonds is 5. The Hall–Kier alpha value is -3.10. The number of fused-ring (bicyclic) bond motifs is 1. The zero-order valence-corrected chi connectivity index (χ0v) is 14.2. The van der Waals surface area contributed by atoms with Gasteiger partial charge in [-0.05, 0) is 24.8 Å². The first-order valence-electron chi connectivity index (χ1n) is 8.70. The highest BCUT2D eigenvalue weighted by Crippen LogP contribution is 2.36. The lowest BCUT2D eigenvalue weighted by Crippen LogP contribution is -2.41. The van der Waals surface area contributed by atoms with Crippen molar-refractivity contribution in [3.8, 4) is 11.3 Å². The van der Waals surface area contributed by atoms with Crippen molar-refractivity contribution < 1.29 is 14.4 Å². The number of hydrogen-bond donors (Lipinski definition) is 2. The van der Waals surface area contributed by atoms with Crippen molar-refractivity contribution >= 4 is 16.9 Å². The summed E-state index contributed by atoms with van der Waals surface area (Å²) in [5.74, 6) is -0.168. The zero-order chi connectivity index (χ0) is 18.3. The Bertz CT molecular complexity index is 957. The Morgan fingerprint density at radius 1 is 1.42 bits per heavy atom. The molecular formula is C17H20N6O3. The van der Waals surface area contributed by atoms with Gasteiger partial charge in [-0.1, -0.05) is 17.7 Å². The normalized spacial score (nSPS) is 16.3. The Kier molecular flexibility index (Phi) is 3.98. The van der Waals surface area contributed by atoms with Gasteiger partial charge in [-0.2, -0.15) is 0 Å². The number of H-pyrrole nitrogens is 1. The number of nitrogens with two attached hydrogens (primary N) is 1. The summed E-state index contributed by atoms with van der Waals surface area (Å²) >= 11 is 0. The molecule has 1 fully saturated rings. The van der Waals surface area contributed by atoms with E-state index in [4.69, 9.17) is 5.73 Å². The first kappa shape index (κ1) is 16.4. The second-order valence-electron chi connectivity index (χ2n) is 6.84. The molecule has 1 amide bonds. The van der Waals surface area contributed by atoms with Crippen LogP contribution in [0.4, 0.5) is 0 Å². The molecule has 3 aromatic heterocycles. The van der Waals surface area contributed by atoms with Gasteiger partial charge >= 0.3 is 0 Å². The van der Waals surface area contributed by atoms with Crippen LogP contribution in [0.25, 0.3) is 22.3 Å². The monoisotopic (exact) mass is 356 g/mol. The number of carbonyl (C=O) groups is 1. The summed E-state index contributed by atoms with van der Waals surface area (Å²) in [6, 6.07) is 1.48. The summed E-state index contributed by atoms with van der Waals surface area (Å²) < 4.78 is 2.18. The minimum absolute atomic E-state index is 0.128. The smallest absolute Gasteiger partial charge is 0.237 e. The number of aromatic nitrogens is 5. The molecule has 1 saturated carbocycles. The lowest BCUT2D eigenvalue weighted by molar-refractivity contribution is -0.698. The van der Waals surface area contributed by atoms with E-state index in [-0.39, 0.29) is 18.4 Å². The number of primary amides is 1. The molecule has 1 aliphatic carbocycles. The average molecular weight is 356 g/mol. The van der Waals surface area contributed by atoms with Crippen LogP contribution in [-0.2, 0) is 4.79 Å². The Labute approximate surface area is 149 Å². The van der Waals surface area contributed by atoms with Gasteiger partial charge in [-0.3, -0.25) is 14.5 Å². The number of nitrogens with one attached hydrogen (secondary N) is 1. The third-order valence-corrected chi connectivity index (χ3v) is 5.21. The van der Waals surface area contributed by atoms with Crippen molar-refractivity contribution in [1.82, 2.24) is 14.6 Å². The molecule has 0 aromatic carbocycles. The Balaban J connectivity index is 1.77. The highest BCUT2D eigenvalue weighted by atomic mass is 16.5. The summed E-state index contributed by atoms with van der Waals surface area (Å²) in [5.41, 5.74) is 6.94. The molecular weight excluding hydrogens is 336 g/mol. The van der Waals surface area contributed by atoms with Gasteiger partial charge in [0.2, 0.25) is 24.1 Å². The number of amides is 1. The van der Waals surface area contributed by atoms with Crippen molar-refractivity contribution in [2.75, 3.05) is 0 Å². The standard InChI is InChI=1S/C17H20N6O3/c18-15(24)7-14(11-3-1-2-4-11)21-8-12(9-23(21)26)16-13-5-6-19-17(13)22(25)10-20-16/h5-6,8-11,14,19H,1-4,7H2,(H2,18,24)/t14-/m1/s1. The van der Waals surface area contributed by atoms with Crippen LogP contribution in [0.15, 0.2) is 31.0 Å². The van der Waals surface area contributed by atoms with E-state index < -0.39 is 5.91 Å². The highest BCUT2D eigenvalue weighted by Gasteiger charge is 2.32. The van der Waals surface area contributed by atoms with Crippen LogP contribution in [0.5, 0.6) is 0 Å². The largest absolute Gasteiger partial charge is 0.740 e. The molecule has 3 N–H and O–H groups in total. The molecule has 1 aliphatic rings. The molecule has 9 heteroatoms. The van der Waals surface area contributed by atoms with Crippen LogP contribution in [-0.4, -0.2) is 20.6 Å². The molecule has 1 atom stereocenters. The summed E-state index contributed by atoms with van der Waals surface area (Å²) in [4.78, 5) is 19.3. The number of nitrogens with zero attached hydrogens (tertiary/aromatic N) is 4. The maximum Gasteiger partial charge on any atom is 0.237 e. The first-order valence-corrected chi connectivity index (χ1v) is 8.70. The molecule has 26 heavy (non-hydrogen) atoms. The minimum Gasteiger partial charge on any atom is -0.740 e. The lowest BCUT2D eigenvalue weighted by atomic mass is 9.95. The third-order valence-electron chi connectivity index (χ3n) is 5.21. The number of aromatic amines is 1. The van der Waals surface area contributed by atoms with Crippen LogP contribution < -0.4 is 15.3 Å². The third kappa shape index (κ3) is 2.75. The van der Waals surface area contributed by atoms with Crippen LogP contribution in [0, 0.1) is 16.3 Å². The zero-order valence-electron chi connectivity index (χ0n) is 14.2. The van der Waals surface area contributed by atoms with Gasteiger partial charge < -0.3 is 16.1 Å². The number of hydrogen-bond acceptors (Lipinski definition) is 4. The molecule has 0 saturated heterocycles. The molecule has 0 radical (unpaired) electrons. The molecule has 3 heterocycles. The van der Waals surface area contributed by atoms with Crippen molar-refractivity contribution in [2.24, 2.45) is 11.7 Å². The maximum absolute atomic E-state index is 12.6. The summed E-state index contributed by atoms with van der Waals surface area (Å²) in [6.45, 7) is 0. The molecule has 4 rings (SSSR count). The molecule has 0 spiro atoms. The predicted octanol–water partition coefficient (Wildman–Crippen LogP) is 0.905. The van der Waals surface area contributed by atoms with Gasteiger partial charge in [0, 0.05) is 0 Å². The molecule has 0 unspecified atom stereocenters. The van der Waals surface area contributed by atoms with Crippen molar-refractivity contribution in [3.05, 3.63) is 41.4 Å². The Morgan fingerprint density at radius 2 is 2.19 bits per heavy atom. The summed E-state index contributed by atoms with van der Waals surface area (Å²) in [5, 5.41) is 25.0. The van der Waals surface area contributed by atoms with Gasteiger partial charge in [0.15, 0.2) is 5.69 Å². The Morgan fingerprint density at radius 3 is 2.92 bits per heavy atom. The second kappa shape index (κ2) is 6.32. The SMILES string of the molecule is NC(=O)C[C@H](C1CCCC1)n1cc(-c2nc[n+]([O-])c3[nH]ccc23)c[n+]1[O-]. The van der Waals surface area contributed by atoms with Crippen LogP contribution in [0.1, 0.15) is 38.1 Å². The maximum atomic E-state index is 12.6. The van der Waals surface area contributed by atoms with Crippen molar-refractivity contribution in [3.63, 3.8) is 0 Å². The molecule has 136 valence electrons. The lowest BCUT2D eigenvalue weighted by Gasteiger charge is -2.21. The first-order chi connectivity index (χ1) is 12.5. The second-order valence-corrected chi connectivity index (χ2v) is 6.84. The van der Waals surface area contributed by atoms with Crippen molar-refractivity contribution in [2.45, 2.75) is 38.1 Å². The molecule has 9 nitrogen and oxygen atoms in total. The van der Waals surface area contributed by atoms with Gasteiger partial charge in [-0.25, -0.2) is 0 Å². The van der Waals surface area contributed by atoms with E-state index in [2.05, 4.69) is 9.97 Å². The van der Waals surface area contributed by atoms with E-state index in [9.17, 15) is 15.2 Å². The van der Waals surface area contributed by atoms with E-state index in [1.807, 2.05) is 0 Å². The van der Waals surface area contributed by atoms with E-state index in [1.54, 1.807) is 18.5 Å². The molecule has 0 aliphatic heterocycles. The molecule has 3 aromatic rings. The quantitative estimate of drug-likeness (QED) is 0.519. The highest BCUT2D eigenvalue weighted by molar-refractivity contribution is 5.88. The van der Waals surface area contributed by atoms with E-state index in [0.717, 1.165) is 30.5 Å². The topological polar surface area (TPSA) is 131 Å². The van der Waals surface area contributed by atoms with Gasteiger partial charge in [0.05, 0.1) is 24.2 Å². The van der Waals surface area contributed by atoms with Crippen LogP contribution in [0.2, 0.25) is 0 Å². The minimum atomic E-state index is -0.421. The van der Waals surface area contributed by atoms with E-state index >= 15 is 0 Å². The predicted molar refractivity (Wildman–Crippen MR) is 92.2 cm³/mol. The van der Waals surface area contributed by atoms with E-state index in [1.165, 1.54) is 17.2 Å². The fraction of sp³-hybridized carbons (Fsp3) is 0.412. The number of carbonyl (C=O) groups excluding carboxylic acids is 1. The van der Waals surface area contributed by atoms with Gasteiger partial charge in [0.25, 0.3) is 0 Å². The van der Waals surface area contributed by atoms with Gasteiger partial charge in [0.1, 0.15) is 11.6 Å².